The van der Waals surface area contributed by atoms with Crippen molar-refractivity contribution in [2.45, 2.75) is 58.9 Å². The summed E-state index contributed by atoms with van der Waals surface area (Å²) in [7, 11) is 0. The number of nitrogens with one attached hydrogen (secondary N) is 2. The Balaban J connectivity index is 1.62. The van der Waals surface area contributed by atoms with E-state index in [1.54, 1.807) is 0 Å². The Morgan fingerprint density at radius 3 is 2.15 bits per heavy atom. The Kier molecular flexibility index (Phi) is 10.0. The Labute approximate surface area is 229 Å². The zero-order valence-electron chi connectivity index (χ0n) is 23.0. The van der Waals surface area contributed by atoms with E-state index in [1.807, 2.05) is 76.2 Å². The van der Waals surface area contributed by atoms with E-state index >= 15 is 0 Å². The van der Waals surface area contributed by atoms with Crippen LogP contribution in [0.4, 0.5) is 4.79 Å². The number of carbonyl (C=O) groups excluding carboxylic acids is 3. The van der Waals surface area contributed by atoms with Crippen LogP contribution in [0, 0.1) is 11.3 Å². The third kappa shape index (κ3) is 8.27. The third-order valence-corrected chi connectivity index (χ3v) is 6.72. The zero-order chi connectivity index (χ0) is 28.6. The van der Waals surface area contributed by atoms with Gasteiger partial charge >= 0.3 is 12.1 Å². The SMILES string of the molecule is CC(C)CC(=CC(=O)CC(C)(C)CC=O)NCC(NC(=O)OCC1c2ccccc2-c2ccccc21)C(=O)O. The number of hydrogen-bond donors (Lipinski definition) is 3. The molecule has 0 fully saturated rings. The predicted octanol–water partition coefficient (Wildman–Crippen LogP) is 5.07. The number of allylic oxidation sites excluding steroid dienone is 2. The lowest BCUT2D eigenvalue weighted by atomic mass is 9.84. The van der Waals surface area contributed by atoms with Crippen LogP contribution in [0.5, 0.6) is 0 Å². The maximum absolute atomic E-state index is 12.6. The fourth-order valence-electron chi connectivity index (χ4n) is 4.85. The number of carboxylic acid groups (broad SMARTS) is 1. The van der Waals surface area contributed by atoms with Crippen molar-refractivity contribution in [1.82, 2.24) is 10.6 Å². The van der Waals surface area contributed by atoms with Gasteiger partial charge in [-0.3, -0.25) is 4.79 Å². The van der Waals surface area contributed by atoms with E-state index in [9.17, 15) is 24.3 Å². The molecule has 8 nitrogen and oxygen atoms in total. The molecule has 0 aliphatic heterocycles. The second kappa shape index (κ2) is 13.2. The summed E-state index contributed by atoms with van der Waals surface area (Å²) in [6.45, 7) is 7.62. The number of fused-ring (bicyclic) bond motifs is 3. The largest absolute Gasteiger partial charge is 0.480 e. The van der Waals surface area contributed by atoms with Gasteiger partial charge in [0.05, 0.1) is 0 Å². The lowest BCUT2D eigenvalue weighted by Crippen LogP contribution is -2.47. The maximum Gasteiger partial charge on any atom is 0.407 e. The van der Waals surface area contributed by atoms with Crippen LogP contribution < -0.4 is 10.6 Å². The van der Waals surface area contributed by atoms with E-state index in [1.165, 1.54) is 6.08 Å². The zero-order valence-corrected chi connectivity index (χ0v) is 23.0. The maximum atomic E-state index is 12.6. The molecule has 0 saturated heterocycles. The van der Waals surface area contributed by atoms with Crippen LogP contribution in [0.2, 0.25) is 0 Å². The van der Waals surface area contributed by atoms with Gasteiger partial charge in [0, 0.05) is 37.1 Å². The van der Waals surface area contributed by atoms with Gasteiger partial charge in [-0.05, 0) is 40.0 Å². The molecule has 0 bridgehead atoms. The van der Waals surface area contributed by atoms with Crippen molar-refractivity contribution in [3.05, 3.63) is 71.4 Å². The Morgan fingerprint density at radius 1 is 1.03 bits per heavy atom. The number of alkyl carbamates (subject to hydrolysis) is 1. The number of carbonyl (C=O) groups is 4. The van der Waals surface area contributed by atoms with Gasteiger partial charge in [0.1, 0.15) is 18.9 Å². The van der Waals surface area contributed by atoms with Gasteiger partial charge in [0.2, 0.25) is 0 Å². The quantitative estimate of drug-likeness (QED) is 0.228. The van der Waals surface area contributed by atoms with Crippen molar-refractivity contribution in [3.8, 4) is 11.1 Å². The standard InChI is InChI=1S/C31H38N2O6/c1-20(2)15-21(16-22(35)17-31(3,4)13-14-34)32-18-28(29(36)37)33-30(38)39-19-27-25-11-7-5-9-23(25)24-10-6-8-12-26(24)27/h5-12,14,16,20,27-28,32H,13,15,17-19H2,1-4H3,(H,33,38)(H,36,37). The summed E-state index contributed by atoms with van der Waals surface area (Å²) in [5, 5.41) is 15.2. The number of ether oxygens (including phenoxy) is 1. The number of hydrogen-bond acceptors (Lipinski definition) is 6. The van der Waals surface area contributed by atoms with Crippen LogP contribution >= 0.6 is 0 Å². The van der Waals surface area contributed by atoms with Crippen LogP contribution in [0.15, 0.2) is 60.3 Å². The molecule has 1 aliphatic rings. The van der Waals surface area contributed by atoms with Crippen LogP contribution in [0.3, 0.4) is 0 Å². The molecule has 0 radical (unpaired) electrons. The van der Waals surface area contributed by atoms with E-state index in [0.29, 0.717) is 12.1 Å². The number of carboxylic acids is 1. The predicted molar refractivity (Wildman–Crippen MR) is 149 cm³/mol. The highest BCUT2D eigenvalue weighted by Crippen LogP contribution is 2.44. The molecular formula is C31H38N2O6. The molecule has 39 heavy (non-hydrogen) atoms. The second-order valence-electron chi connectivity index (χ2n) is 11.2. The molecule has 0 saturated carbocycles. The Bertz CT molecular complexity index is 1190. The molecule has 208 valence electrons. The molecule has 0 spiro atoms. The molecule has 1 atom stereocenters. The highest BCUT2D eigenvalue weighted by molar-refractivity contribution is 5.91. The molecular weight excluding hydrogens is 496 g/mol. The van der Waals surface area contributed by atoms with Gasteiger partial charge in [0.25, 0.3) is 0 Å². The van der Waals surface area contributed by atoms with E-state index < -0.39 is 23.5 Å². The number of aldehydes is 1. The summed E-state index contributed by atoms with van der Waals surface area (Å²) in [5.41, 5.74) is 4.44. The molecule has 3 rings (SSSR count). The first-order valence-corrected chi connectivity index (χ1v) is 13.3. The summed E-state index contributed by atoms with van der Waals surface area (Å²) in [5.74, 6) is -1.31. The minimum Gasteiger partial charge on any atom is -0.480 e. The summed E-state index contributed by atoms with van der Waals surface area (Å²) in [6.07, 6.45) is 2.43. The average Bonchev–Trinajstić information content (AvgIpc) is 3.17. The first-order chi connectivity index (χ1) is 18.5. The molecule has 1 aliphatic carbocycles. The summed E-state index contributed by atoms with van der Waals surface area (Å²) in [4.78, 5) is 48.1. The topological polar surface area (TPSA) is 122 Å². The van der Waals surface area contributed by atoms with E-state index in [-0.39, 0.29) is 43.6 Å². The first kappa shape index (κ1) is 29.6. The first-order valence-electron chi connectivity index (χ1n) is 13.3. The molecule has 3 N–H and O–H groups in total. The fraction of sp³-hybridized carbons (Fsp3) is 0.419. The number of benzene rings is 2. The molecule has 0 heterocycles. The number of aliphatic carboxylic acids is 1. The van der Waals surface area contributed by atoms with Crippen molar-refractivity contribution in [1.29, 1.82) is 0 Å². The monoisotopic (exact) mass is 534 g/mol. The van der Waals surface area contributed by atoms with E-state index in [0.717, 1.165) is 28.5 Å². The molecule has 0 aromatic heterocycles. The van der Waals surface area contributed by atoms with Crippen LogP contribution in [0.25, 0.3) is 11.1 Å². The summed E-state index contributed by atoms with van der Waals surface area (Å²) in [6, 6.07) is 14.7. The van der Waals surface area contributed by atoms with Crippen molar-refractivity contribution in [3.63, 3.8) is 0 Å². The fourth-order valence-corrected chi connectivity index (χ4v) is 4.85. The van der Waals surface area contributed by atoms with Crippen LogP contribution in [0.1, 0.15) is 64.0 Å². The van der Waals surface area contributed by atoms with Crippen molar-refractivity contribution in [2.24, 2.45) is 11.3 Å². The van der Waals surface area contributed by atoms with E-state index in [2.05, 4.69) is 10.6 Å². The smallest absolute Gasteiger partial charge is 0.407 e. The third-order valence-electron chi connectivity index (χ3n) is 6.72. The molecule has 8 heteroatoms. The molecule has 2 aromatic rings. The van der Waals surface area contributed by atoms with Gasteiger partial charge < -0.3 is 25.3 Å². The highest BCUT2D eigenvalue weighted by atomic mass is 16.5. The van der Waals surface area contributed by atoms with Gasteiger partial charge in [0.15, 0.2) is 5.78 Å². The lowest BCUT2D eigenvalue weighted by Gasteiger charge is -2.21. The van der Waals surface area contributed by atoms with Crippen LogP contribution in [-0.4, -0.2) is 48.4 Å². The lowest BCUT2D eigenvalue weighted by molar-refractivity contribution is -0.139. The minimum atomic E-state index is -1.27. The Hall–Kier alpha value is -3.94. The number of rotatable bonds is 14. The molecule has 1 amide bonds. The highest BCUT2D eigenvalue weighted by Gasteiger charge is 2.30. The van der Waals surface area contributed by atoms with Gasteiger partial charge in [-0.2, -0.15) is 0 Å². The van der Waals surface area contributed by atoms with Crippen molar-refractivity contribution < 1.29 is 29.0 Å². The average molecular weight is 535 g/mol. The van der Waals surface area contributed by atoms with E-state index in [4.69, 9.17) is 4.74 Å². The summed E-state index contributed by atoms with van der Waals surface area (Å²) < 4.78 is 5.50. The Morgan fingerprint density at radius 2 is 1.62 bits per heavy atom. The number of amides is 1. The van der Waals surface area contributed by atoms with Gasteiger partial charge in [-0.25, -0.2) is 9.59 Å². The van der Waals surface area contributed by atoms with Gasteiger partial charge in [-0.1, -0.05) is 76.2 Å². The van der Waals surface area contributed by atoms with Crippen molar-refractivity contribution >= 4 is 24.1 Å². The minimum absolute atomic E-state index is 0.0726. The second-order valence-corrected chi connectivity index (χ2v) is 11.2. The number of ketones is 1. The van der Waals surface area contributed by atoms with Crippen molar-refractivity contribution in [2.75, 3.05) is 13.2 Å². The van der Waals surface area contributed by atoms with Crippen LogP contribution in [-0.2, 0) is 19.1 Å². The summed E-state index contributed by atoms with van der Waals surface area (Å²) >= 11 is 0. The molecule has 1 unspecified atom stereocenters. The van der Waals surface area contributed by atoms with Gasteiger partial charge in [-0.15, -0.1) is 0 Å². The normalized spacial score (nSPS) is 13.8. The molecule has 2 aromatic carbocycles.